The van der Waals surface area contributed by atoms with Gasteiger partial charge in [-0.25, -0.2) is 9.97 Å². The maximum atomic E-state index is 5.62. The maximum absolute atomic E-state index is 5.62. The zero-order valence-corrected chi connectivity index (χ0v) is 15.4. The highest BCUT2D eigenvalue weighted by molar-refractivity contribution is 5.70. The fourth-order valence-corrected chi connectivity index (χ4v) is 3.23. The Morgan fingerprint density at radius 2 is 1.93 bits per heavy atom. The van der Waals surface area contributed by atoms with Crippen molar-refractivity contribution < 1.29 is 4.74 Å². The first-order chi connectivity index (χ1) is 13.3. The number of anilines is 2. The summed E-state index contributed by atoms with van der Waals surface area (Å²) in [4.78, 5) is 15.8. The third kappa shape index (κ3) is 4.23. The normalized spacial score (nSPS) is 16.9. The summed E-state index contributed by atoms with van der Waals surface area (Å²) in [5, 5.41) is 3.42. The zero-order valence-electron chi connectivity index (χ0n) is 15.4. The standard InChI is InChI=1S/C21H23N5O/c1-16-15-26(11-12-27-16)19-13-17(7-8-22-19)14-25-21-20(23-9-10-24-21)18-5-3-2-4-6-18/h2-10,13,16H,11-12,14-15H2,1H3,(H,24,25). The number of morpholine rings is 1. The number of aromatic nitrogens is 3. The number of hydrogen-bond donors (Lipinski definition) is 1. The number of nitrogens with one attached hydrogen (secondary N) is 1. The number of hydrogen-bond acceptors (Lipinski definition) is 6. The molecule has 0 amide bonds. The predicted octanol–water partition coefficient (Wildman–Crippen LogP) is 3.38. The molecule has 1 atom stereocenters. The van der Waals surface area contributed by atoms with Gasteiger partial charge in [0.15, 0.2) is 5.82 Å². The van der Waals surface area contributed by atoms with Gasteiger partial charge < -0.3 is 15.0 Å². The Bertz CT molecular complexity index is 887. The fraction of sp³-hybridized carbons (Fsp3) is 0.286. The Balaban J connectivity index is 1.49. The van der Waals surface area contributed by atoms with Crippen LogP contribution in [0.3, 0.4) is 0 Å². The lowest BCUT2D eigenvalue weighted by Crippen LogP contribution is -2.41. The van der Waals surface area contributed by atoms with Crippen LogP contribution in [0.1, 0.15) is 12.5 Å². The first-order valence-corrected chi connectivity index (χ1v) is 9.21. The molecule has 0 bridgehead atoms. The van der Waals surface area contributed by atoms with Crippen molar-refractivity contribution in [2.45, 2.75) is 19.6 Å². The Hall–Kier alpha value is -2.99. The molecule has 27 heavy (non-hydrogen) atoms. The number of pyridine rings is 1. The van der Waals surface area contributed by atoms with Gasteiger partial charge in [-0.05, 0) is 24.6 Å². The van der Waals surface area contributed by atoms with Crippen LogP contribution in [0.2, 0.25) is 0 Å². The maximum Gasteiger partial charge on any atom is 0.152 e. The van der Waals surface area contributed by atoms with Crippen LogP contribution in [-0.2, 0) is 11.3 Å². The molecule has 1 aliphatic rings. The van der Waals surface area contributed by atoms with E-state index in [4.69, 9.17) is 4.74 Å². The average molecular weight is 361 g/mol. The molecule has 1 unspecified atom stereocenters. The molecule has 1 saturated heterocycles. The van der Waals surface area contributed by atoms with Crippen molar-refractivity contribution in [3.05, 3.63) is 66.6 Å². The molecule has 3 aromatic rings. The number of ether oxygens (including phenoxy) is 1. The van der Waals surface area contributed by atoms with Gasteiger partial charge in [0.05, 0.1) is 12.7 Å². The van der Waals surface area contributed by atoms with Crippen LogP contribution in [0, 0.1) is 0 Å². The molecule has 6 nitrogen and oxygen atoms in total. The smallest absolute Gasteiger partial charge is 0.152 e. The Morgan fingerprint density at radius 1 is 1.07 bits per heavy atom. The zero-order chi connectivity index (χ0) is 18.5. The van der Waals surface area contributed by atoms with E-state index in [0.29, 0.717) is 6.54 Å². The molecule has 0 spiro atoms. The van der Waals surface area contributed by atoms with Crippen LogP contribution < -0.4 is 10.2 Å². The minimum absolute atomic E-state index is 0.232. The van der Waals surface area contributed by atoms with Gasteiger partial charge in [-0.2, -0.15) is 0 Å². The number of rotatable bonds is 5. The number of nitrogens with zero attached hydrogens (tertiary/aromatic N) is 4. The lowest BCUT2D eigenvalue weighted by molar-refractivity contribution is 0.0529. The minimum atomic E-state index is 0.232. The first kappa shape index (κ1) is 17.4. The Labute approximate surface area is 159 Å². The third-order valence-corrected chi connectivity index (χ3v) is 4.58. The SMILES string of the molecule is CC1CN(c2cc(CNc3nccnc3-c3ccccc3)ccn2)CCO1. The molecule has 0 radical (unpaired) electrons. The van der Waals surface area contributed by atoms with Gasteiger partial charge in [0.2, 0.25) is 0 Å². The first-order valence-electron chi connectivity index (χ1n) is 9.21. The van der Waals surface area contributed by atoms with Crippen LogP contribution in [0.15, 0.2) is 61.1 Å². The largest absolute Gasteiger partial charge is 0.375 e. The second kappa shape index (κ2) is 8.14. The van der Waals surface area contributed by atoms with E-state index in [1.54, 1.807) is 12.4 Å². The van der Waals surface area contributed by atoms with Crippen molar-refractivity contribution in [2.24, 2.45) is 0 Å². The van der Waals surface area contributed by atoms with Gasteiger partial charge in [-0.3, -0.25) is 4.98 Å². The fourth-order valence-electron chi connectivity index (χ4n) is 3.23. The Morgan fingerprint density at radius 3 is 2.78 bits per heavy atom. The molecular formula is C21H23N5O. The summed E-state index contributed by atoms with van der Waals surface area (Å²) in [5.41, 5.74) is 3.06. The summed E-state index contributed by atoms with van der Waals surface area (Å²) in [6.45, 7) is 5.23. The van der Waals surface area contributed by atoms with Gasteiger partial charge in [0.25, 0.3) is 0 Å². The molecule has 1 fully saturated rings. The van der Waals surface area contributed by atoms with Crippen LogP contribution in [-0.4, -0.2) is 40.8 Å². The van der Waals surface area contributed by atoms with E-state index in [0.717, 1.165) is 48.2 Å². The average Bonchev–Trinajstić information content (AvgIpc) is 2.73. The van der Waals surface area contributed by atoms with Gasteiger partial charge in [0, 0.05) is 43.8 Å². The van der Waals surface area contributed by atoms with Gasteiger partial charge in [0.1, 0.15) is 11.5 Å². The van der Waals surface area contributed by atoms with E-state index in [1.165, 1.54) is 0 Å². The Kier molecular flexibility index (Phi) is 5.25. The summed E-state index contributed by atoms with van der Waals surface area (Å²) in [7, 11) is 0. The summed E-state index contributed by atoms with van der Waals surface area (Å²) in [6.07, 6.45) is 5.52. The van der Waals surface area contributed by atoms with Crippen molar-refractivity contribution >= 4 is 11.6 Å². The quantitative estimate of drug-likeness (QED) is 0.752. The van der Waals surface area contributed by atoms with E-state index in [-0.39, 0.29) is 6.10 Å². The van der Waals surface area contributed by atoms with Crippen molar-refractivity contribution in [1.82, 2.24) is 15.0 Å². The van der Waals surface area contributed by atoms with Crippen molar-refractivity contribution in [3.63, 3.8) is 0 Å². The lowest BCUT2D eigenvalue weighted by atomic mass is 10.1. The predicted molar refractivity (Wildman–Crippen MR) is 107 cm³/mol. The molecule has 6 heteroatoms. The van der Waals surface area contributed by atoms with Crippen LogP contribution in [0.25, 0.3) is 11.3 Å². The van der Waals surface area contributed by atoms with E-state index < -0.39 is 0 Å². The van der Waals surface area contributed by atoms with Gasteiger partial charge >= 0.3 is 0 Å². The summed E-state index contributed by atoms with van der Waals surface area (Å²) in [6, 6.07) is 14.2. The van der Waals surface area contributed by atoms with Crippen molar-refractivity contribution in [3.8, 4) is 11.3 Å². The van der Waals surface area contributed by atoms with E-state index in [1.807, 2.05) is 42.6 Å². The topological polar surface area (TPSA) is 63.2 Å². The highest BCUT2D eigenvalue weighted by Crippen LogP contribution is 2.24. The minimum Gasteiger partial charge on any atom is -0.375 e. The lowest BCUT2D eigenvalue weighted by Gasteiger charge is -2.32. The van der Waals surface area contributed by atoms with Crippen molar-refractivity contribution in [1.29, 1.82) is 0 Å². The second-order valence-corrected chi connectivity index (χ2v) is 6.62. The highest BCUT2D eigenvalue weighted by atomic mass is 16.5. The summed E-state index contributed by atoms with van der Waals surface area (Å²) in [5.74, 6) is 1.77. The highest BCUT2D eigenvalue weighted by Gasteiger charge is 2.18. The molecule has 4 rings (SSSR count). The summed E-state index contributed by atoms with van der Waals surface area (Å²) >= 11 is 0. The molecule has 0 aliphatic carbocycles. The van der Waals surface area contributed by atoms with Crippen LogP contribution in [0.4, 0.5) is 11.6 Å². The van der Waals surface area contributed by atoms with Crippen LogP contribution >= 0.6 is 0 Å². The van der Waals surface area contributed by atoms with Crippen molar-refractivity contribution in [2.75, 3.05) is 29.9 Å². The van der Waals surface area contributed by atoms with Crippen LogP contribution in [0.5, 0.6) is 0 Å². The molecule has 138 valence electrons. The molecule has 1 N–H and O–H groups in total. The molecule has 3 heterocycles. The molecule has 1 aliphatic heterocycles. The molecule has 1 aromatic carbocycles. The molecule has 0 saturated carbocycles. The molecular weight excluding hydrogens is 338 g/mol. The van der Waals surface area contributed by atoms with E-state index in [2.05, 4.69) is 38.2 Å². The summed E-state index contributed by atoms with van der Waals surface area (Å²) < 4.78 is 5.62. The number of benzene rings is 1. The van der Waals surface area contributed by atoms with Gasteiger partial charge in [-0.1, -0.05) is 30.3 Å². The second-order valence-electron chi connectivity index (χ2n) is 6.62. The monoisotopic (exact) mass is 361 g/mol. The van der Waals surface area contributed by atoms with E-state index >= 15 is 0 Å². The third-order valence-electron chi connectivity index (χ3n) is 4.58. The molecule has 2 aromatic heterocycles. The van der Waals surface area contributed by atoms with Gasteiger partial charge in [-0.15, -0.1) is 0 Å². The van der Waals surface area contributed by atoms with E-state index in [9.17, 15) is 0 Å².